The fourth-order valence-corrected chi connectivity index (χ4v) is 2.40. The van der Waals surface area contributed by atoms with Crippen LogP contribution in [0.2, 0.25) is 0 Å². The van der Waals surface area contributed by atoms with Crippen molar-refractivity contribution in [2.24, 2.45) is 0 Å². The minimum atomic E-state index is -0.948. The van der Waals surface area contributed by atoms with E-state index in [9.17, 15) is 9.59 Å². The number of aromatic nitrogens is 1. The van der Waals surface area contributed by atoms with Crippen LogP contribution in [0.1, 0.15) is 39.3 Å². The van der Waals surface area contributed by atoms with E-state index in [1.807, 2.05) is 10.5 Å². The van der Waals surface area contributed by atoms with Crippen LogP contribution in [-0.2, 0) is 6.42 Å². The summed E-state index contributed by atoms with van der Waals surface area (Å²) in [6, 6.07) is 5.16. The van der Waals surface area contributed by atoms with Gasteiger partial charge in [-0.25, -0.2) is 4.79 Å². The number of rotatable bonds is 1. The van der Waals surface area contributed by atoms with Crippen molar-refractivity contribution < 1.29 is 14.7 Å². The molecule has 2 heterocycles. The van der Waals surface area contributed by atoms with Gasteiger partial charge >= 0.3 is 5.97 Å². The van der Waals surface area contributed by atoms with Gasteiger partial charge in [0.25, 0.3) is 0 Å². The van der Waals surface area contributed by atoms with Crippen LogP contribution in [0, 0.1) is 0 Å². The summed E-state index contributed by atoms with van der Waals surface area (Å²) >= 11 is 0. The standard InChI is InChI=1S/C13H11NO3/c15-12-3-1-2-11-10(12)6-9-5-4-8(13(16)17)7-14(9)11/h4-7H,1-3H2,(H,16,17). The number of carbonyl (C=O) groups excluding carboxylic acids is 1. The van der Waals surface area contributed by atoms with E-state index in [2.05, 4.69) is 0 Å². The third-order valence-electron chi connectivity index (χ3n) is 3.24. The first-order valence-corrected chi connectivity index (χ1v) is 5.57. The average molecular weight is 229 g/mol. The summed E-state index contributed by atoms with van der Waals surface area (Å²) in [5.74, 6) is -0.789. The van der Waals surface area contributed by atoms with Crippen molar-refractivity contribution in [2.75, 3.05) is 0 Å². The van der Waals surface area contributed by atoms with E-state index in [0.29, 0.717) is 6.42 Å². The van der Waals surface area contributed by atoms with Gasteiger partial charge in [0.15, 0.2) is 5.78 Å². The monoisotopic (exact) mass is 229 g/mol. The summed E-state index contributed by atoms with van der Waals surface area (Å²) in [6.45, 7) is 0. The maximum absolute atomic E-state index is 11.7. The molecule has 1 aliphatic carbocycles. The van der Waals surface area contributed by atoms with E-state index in [0.717, 1.165) is 29.6 Å². The lowest BCUT2D eigenvalue weighted by atomic mass is 9.97. The number of hydrogen-bond acceptors (Lipinski definition) is 2. The average Bonchev–Trinajstić information content (AvgIpc) is 2.68. The molecule has 2 aromatic heterocycles. The van der Waals surface area contributed by atoms with Crippen LogP contribution < -0.4 is 0 Å². The molecule has 0 unspecified atom stereocenters. The number of aryl methyl sites for hydroxylation is 1. The van der Waals surface area contributed by atoms with Gasteiger partial charge in [-0.2, -0.15) is 0 Å². The first-order chi connectivity index (χ1) is 8.16. The maximum Gasteiger partial charge on any atom is 0.337 e. The topological polar surface area (TPSA) is 58.8 Å². The minimum Gasteiger partial charge on any atom is -0.478 e. The van der Waals surface area contributed by atoms with Gasteiger partial charge in [-0.1, -0.05) is 0 Å². The second-order valence-corrected chi connectivity index (χ2v) is 4.30. The molecule has 0 aliphatic heterocycles. The van der Waals surface area contributed by atoms with Gasteiger partial charge in [0.1, 0.15) is 0 Å². The molecule has 0 aromatic carbocycles. The number of carboxylic acids is 1. The highest BCUT2D eigenvalue weighted by Gasteiger charge is 2.21. The largest absolute Gasteiger partial charge is 0.478 e. The highest BCUT2D eigenvalue weighted by molar-refractivity contribution is 6.00. The predicted octanol–water partition coefficient (Wildman–Crippen LogP) is 2.16. The highest BCUT2D eigenvalue weighted by atomic mass is 16.4. The molecule has 4 heteroatoms. The van der Waals surface area contributed by atoms with Crippen LogP contribution >= 0.6 is 0 Å². The molecule has 1 N–H and O–H groups in total. The number of hydrogen-bond donors (Lipinski definition) is 1. The molecule has 1 aliphatic rings. The summed E-state index contributed by atoms with van der Waals surface area (Å²) in [5, 5.41) is 8.96. The van der Waals surface area contributed by atoms with Crippen LogP contribution in [0.5, 0.6) is 0 Å². The molecule has 0 spiro atoms. The first-order valence-electron chi connectivity index (χ1n) is 5.57. The molecule has 0 radical (unpaired) electrons. The van der Waals surface area contributed by atoms with Gasteiger partial charge in [-0.3, -0.25) is 4.79 Å². The maximum atomic E-state index is 11.7. The molecule has 3 rings (SSSR count). The summed E-state index contributed by atoms with van der Waals surface area (Å²) in [7, 11) is 0. The van der Waals surface area contributed by atoms with Gasteiger partial charge in [-0.15, -0.1) is 0 Å². The van der Waals surface area contributed by atoms with E-state index in [-0.39, 0.29) is 11.3 Å². The van der Waals surface area contributed by atoms with E-state index >= 15 is 0 Å². The van der Waals surface area contributed by atoms with E-state index in [1.165, 1.54) is 0 Å². The Morgan fingerprint density at radius 1 is 1.29 bits per heavy atom. The van der Waals surface area contributed by atoms with Crippen LogP contribution in [0.3, 0.4) is 0 Å². The SMILES string of the molecule is O=C(O)c1ccc2cc3c(n2c1)CCCC3=O. The van der Waals surface area contributed by atoms with Gasteiger partial charge in [0, 0.05) is 29.4 Å². The Labute approximate surface area is 97.5 Å². The number of carbonyl (C=O) groups is 2. The second-order valence-electron chi connectivity index (χ2n) is 4.30. The Morgan fingerprint density at radius 2 is 2.12 bits per heavy atom. The fourth-order valence-electron chi connectivity index (χ4n) is 2.40. The Kier molecular flexibility index (Phi) is 2.04. The van der Waals surface area contributed by atoms with E-state index < -0.39 is 5.97 Å². The number of nitrogens with zero attached hydrogens (tertiary/aromatic N) is 1. The van der Waals surface area contributed by atoms with Gasteiger partial charge < -0.3 is 9.51 Å². The molecule has 0 fully saturated rings. The fraction of sp³-hybridized carbons (Fsp3) is 0.231. The summed E-state index contributed by atoms with van der Waals surface area (Å²) in [4.78, 5) is 22.7. The van der Waals surface area contributed by atoms with Gasteiger partial charge in [-0.05, 0) is 31.0 Å². The minimum absolute atomic E-state index is 0.159. The number of fused-ring (bicyclic) bond motifs is 3. The number of Topliss-reactive ketones (excluding diaryl/α,β-unsaturated/α-hetero) is 1. The molecular formula is C13H11NO3. The summed E-state index contributed by atoms with van der Waals surface area (Å²) in [5.41, 5.74) is 2.82. The van der Waals surface area contributed by atoms with Gasteiger partial charge in [0.2, 0.25) is 0 Å². The van der Waals surface area contributed by atoms with Crippen LogP contribution in [0.4, 0.5) is 0 Å². The smallest absolute Gasteiger partial charge is 0.337 e. The van der Waals surface area contributed by atoms with Crippen LogP contribution in [0.15, 0.2) is 24.4 Å². The molecule has 0 amide bonds. The van der Waals surface area contributed by atoms with Crippen molar-refractivity contribution in [2.45, 2.75) is 19.3 Å². The van der Waals surface area contributed by atoms with E-state index in [4.69, 9.17) is 5.11 Å². The van der Waals surface area contributed by atoms with Gasteiger partial charge in [0.05, 0.1) is 5.56 Å². The molecule has 86 valence electrons. The Hall–Kier alpha value is -2.10. The lowest BCUT2D eigenvalue weighted by Gasteiger charge is -2.11. The van der Waals surface area contributed by atoms with Crippen molar-refractivity contribution in [1.29, 1.82) is 0 Å². The van der Waals surface area contributed by atoms with Crippen LogP contribution in [0.25, 0.3) is 5.52 Å². The first kappa shape index (κ1) is 10.1. The lowest BCUT2D eigenvalue weighted by molar-refractivity contribution is 0.0696. The molecule has 4 nitrogen and oxygen atoms in total. The van der Waals surface area contributed by atoms with Crippen molar-refractivity contribution in [3.63, 3.8) is 0 Å². The predicted molar refractivity (Wildman–Crippen MR) is 61.6 cm³/mol. The van der Waals surface area contributed by atoms with Crippen molar-refractivity contribution in [3.05, 3.63) is 41.2 Å². The Morgan fingerprint density at radius 3 is 2.88 bits per heavy atom. The summed E-state index contributed by atoms with van der Waals surface area (Å²) in [6.07, 6.45) is 3.86. The van der Waals surface area contributed by atoms with Crippen molar-refractivity contribution >= 4 is 17.3 Å². The zero-order chi connectivity index (χ0) is 12.0. The third kappa shape index (κ3) is 1.45. The Bertz CT molecular complexity index is 639. The Balaban J connectivity index is 2.29. The normalized spacial score (nSPS) is 14.9. The molecule has 17 heavy (non-hydrogen) atoms. The van der Waals surface area contributed by atoms with E-state index in [1.54, 1.807) is 18.3 Å². The number of ketones is 1. The number of carboxylic acid groups (broad SMARTS) is 1. The van der Waals surface area contributed by atoms with Crippen LogP contribution in [-0.4, -0.2) is 21.3 Å². The zero-order valence-electron chi connectivity index (χ0n) is 9.14. The van der Waals surface area contributed by atoms with Crippen molar-refractivity contribution in [1.82, 2.24) is 4.40 Å². The zero-order valence-corrected chi connectivity index (χ0v) is 9.14. The quantitative estimate of drug-likeness (QED) is 0.815. The number of aromatic carboxylic acids is 1. The molecule has 0 saturated heterocycles. The highest BCUT2D eigenvalue weighted by Crippen LogP contribution is 2.25. The number of pyridine rings is 1. The van der Waals surface area contributed by atoms with Crippen molar-refractivity contribution in [3.8, 4) is 0 Å². The summed E-state index contributed by atoms with van der Waals surface area (Å²) < 4.78 is 1.83. The molecule has 0 saturated carbocycles. The third-order valence-corrected chi connectivity index (χ3v) is 3.24. The second kappa shape index (κ2) is 3.45. The lowest BCUT2D eigenvalue weighted by Crippen LogP contribution is -2.10. The molecular weight excluding hydrogens is 218 g/mol. The molecule has 0 atom stereocenters. The molecule has 2 aromatic rings. The molecule has 0 bridgehead atoms.